The van der Waals surface area contributed by atoms with E-state index in [1.807, 2.05) is 0 Å². The van der Waals surface area contributed by atoms with E-state index in [-0.39, 0.29) is 11.7 Å². The van der Waals surface area contributed by atoms with Gasteiger partial charge in [-0.05, 0) is 17.7 Å². The molecule has 0 amide bonds. The first-order valence-corrected chi connectivity index (χ1v) is 5.95. The van der Waals surface area contributed by atoms with Crippen LogP contribution in [0.1, 0.15) is 12.0 Å². The van der Waals surface area contributed by atoms with Gasteiger partial charge < -0.3 is 10.5 Å². The van der Waals surface area contributed by atoms with Crippen LogP contribution in [0.25, 0.3) is 5.57 Å². The molecule has 3 nitrogen and oxygen atoms in total. The van der Waals surface area contributed by atoms with Crippen molar-refractivity contribution >= 4 is 23.0 Å². The maximum Gasteiger partial charge on any atom is 0.172 e. The lowest BCUT2D eigenvalue weighted by Gasteiger charge is -2.07. The van der Waals surface area contributed by atoms with E-state index in [4.69, 9.17) is 22.1 Å². The highest BCUT2D eigenvalue weighted by molar-refractivity contribution is 6.33. The van der Waals surface area contributed by atoms with Crippen molar-refractivity contribution in [2.45, 2.75) is 6.42 Å². The van der Waals surface area contributed by atoms with Gasteiger partial charge >= 0.3 is 0 Å². The number of hydrogen-bond donors (Lipinski definition) is 1. The molecule has 0 saturated carbocycles. The number of halogens is 1. The fraction of sp³-hybridized carbons (Fsp3) is 0.214. The van der Waals surface area contributed by atoms with E-state index in [1.165, 1.54) is 0 Å². The van der Waals surface area contributed by atoms with Gasteiger partial charge in [-0.15, -0.1) is 6.58 Å². The van der Waals surface area contributed by atoms with Crippen molar-refractivity contribution in [3.8, 4) is 5.75 Å². The number of nitrogens with two attached hydrogens (primary N) is 1. The maximum atomic E-state index is 12.1. The number of hydrogen-bond acceptors (Lipinski definition) is 3. The molecule has 94 valence electrons. The second-order valence-electron chi connectivity index (χ2n) is 4.16. The van der Waals surface area contributed by atoms with Crippen molar-refractivity contribution in [2.24, 2.45) is 11.7 Å². The van der Waals surface area contributed by atoms with Gasteiger partial charge in [0.05, 0.1) is 12.1 Å². The van der Waals surface area contributed by atoms with E-state index in [0.29, 0.717) is 28.5 Å². The number of benzene rings is 1. The molecule has 1 aliphatic rings. The largest absolute Gasteiger partial charge is 0.495 e. The van der Waals surface area contributed by atoms with E-state index in [2.05, 4.69) is 6.58 Å². The Hall–Kier alpha value is -1.74. The van der Waals surface area contributed by atoms with Gasteiger partial charge in [-0.3, -0.25) is 4.79 Å². The molecule has 0 fully saturated rings. The lowest BCUT2D eigenvalue weighted by atomic mass is 9.99. The van der Waals surface area contributed by atoms with Crippen molar-refractivity contribution in [3.63, 3.8) is 0 Å². The van der Waals surface area contributed by atoms with E-state index >= 15 is 0 Å². The summed E-state index contributed by atoms with van der Waals surface area (Å²) in [4.78, 5) is 12.1. The van der Waals surface area contributed by atoms with Crippen LogP contribution in [0.15, 0.2) is 36.6 Å². The Bertz CT molecular complexity index is 549. The fourth-order valence-electron chi connectivity index (χ4n) is 2.12. The van der Waals surface area contributed by atoms with E-state index in [9.17, 15) is 4.79 Å². The SMILES string of the molecule is C=CC1CC(N)=C(c2ccc(OC)c(Cl)c2)C1=O. The first-order valence-electron chi connectivity index (χ1n) is 5.57. The Labute approximate surface area is 111 Å². The molecule has 1 atom stereocenters. The summed E-state index contributed by atoms with van der Waals surface area (Å²) in [5.41, 5.74) is 7.79. The highest BCUT2D eigenvalue weighted by Crippen LogP contribution is 2.35. The predicted octanol–water partition coefficient (Wildman–Crippen LogP) is 2.79. The molecule has 2 rings (SSSR count). The minimum absolute atomic E-state index is 0.00346. The molecule has 18 heavy (non-hydrogen) atoms. The number of methoxy groups -OCH3 is 1. The van der Waals surface area contributed by atoms with Gasteiger partial charge in [0.1, 0.15) is 5.75 Å². The molecule has 2 N–H and O–H groups in total. The number of rotatable bonds is 3. The van der Waals surface area contributed by atoms with Crippen LogP contribution in [-0.4, -0.2) is 12.9 Å². The number of carbonyl (C=O) groups excluding carboxylic acids is 1. The molecule has 0 radical (unpaired) electrons. The topological polar surface area (TPSA) is 52.3 Å². The normalized spacial score (nSPS) is 19.2. The van der Waals surface area contributed by atoms with Crippen molar-refractivity contribution in [3.05, 3.63) is 47.1 Å². The van der Waals surface area contributed by atoms with Crippen molar-refractivity contribution in [1.29, 1.82) is 0 Å². The summed E-state index contributed by atoms with van der Waals surface area (Å²) in [5, 5.41) is 0.463. The highest BCUT2D eigenvalue weighted by Gasteiger charge is 2.30. The summed E-state index contributed by atoms with van der Waals surface area (Å²) in [7, 11) is 1.54. The third-order valence-corrected chi connectivity index (χ3v) is 3.36. The van der Waals surface area contributed by atoms with Crippen LogP contribution >= 0.6 is 11.6 Å². The van der Waals surface area contributed by atoms with E-state index < -0.39 is 0 Å². The van der Waals surface area contributed by atoms with Crippen molar-refractivity contribution < 1.29 is 9.53 Å². The van der Waals surface area contributed by atoms with Gasteiger partial charge in [0, 0.05) is 23.6 Å². The van der Waals surface area contributed by atoms with Gasteiger partial charge in [0.2, 0.25) is 0 Å². The van der Waals surface area contributed by atoms with Gasteiger partial charge in [0.15, 0.2) is 5.78 Å². The Balaban J connectivity index is 2.43. The minimum atomic E-state index is -0.221. The van der Waals surface area contributed by atoms with Crippen molar-refractivity contribution in [1.82, 2.24) is 0 Å². The second-order valence-corrected chi connectivity index (χ2v) is 4.57. The molecule has 0 aromatic heterocycles. The van der Waals surface area contributed by atoms with Gasteiger partial charge in [0.25, 0.3) is 0 Å². The quantitative estimate of drug-likeness (QED) is 0.853. The average Bonchev–Trinajstić information content (AvgIpc) is 2.64. The molecule has 0 heterocycles. The first kappa shape index (κ1) is 12.7. The Morgan fingerprint density at radius 2 is 2.28 bits per heavy atom. The fourth-order valence-corrected chi connectivity index (χ4v) is 2.37. The Morgan fingerprint density at radius 3 is 2.78 bits per heavy atom. The smallest absolute Gasteiger partial charge is 0.172 e. The third-order valence-electron chi connectivity index (χ3n) is 3.07. The standard InChI is InChI=1S/C14H14ClNO2/c1-3-8-7-11(16)13(14(8)17)9-4-5-12(18-2)10(15)6-9/h3-6,8H,1,7,16H2,2H3. The van der Waals surface area contributed by atoms with E-state index in [1.54, 1.807) is 31.4 Å². The van der Waals surface area contributed by atoms with Crippen LogP contribution in [0, 0.1) is 5.92 Å². The zero-order valence-corrected chi connectivity index (χ0v) is 10.8. The molecule has 0 saturated heterocycles. The van der Waals surface area contributed by atoms with Crippen LogP contribution in [-0.2, 0) is 4.79 Å². The molecule has 0 bridgehead atoms. The Kier molecular flexibility index (Phi) is 3.43. The lowest BCUT2D eigenvalue weighted by Crippen LogP contribution is -2.06. The second kappa shape index (κ2) is 4.86. The van der Waals surface area contributed by atoms with Crippen LogP contribution in [0.5, 0.6) is 5.75 Å². The molecule has 1 aliphatic carbocycles. The van der Waals surface area contributed by atoms with Gasteiger partial charge in [-0.2, -0.15) is 0 Å². The maximum absolute atomic E-state index is 12.1. The molecular weight excluding hydrogens is 250 g/mol. The summed E-state index contributed by atoms with van der Waals surface area (Å²) in [6, 6.07) is 5.22. The molecule has 1 unspecified atom stereocenters. The van der Waals surface area contributed by atoms with Crippen LogP contribution < -0.4 is 10.5 Å². The van der Waals surface area contributed by atoms with Crippen LogP contribution in [0.4, 0.5) is 0 Å². The molecular formula is C14H14ClNO2. The zero-order valence-electron chi connectivity index (χ0n) is 10.1. The van der Waals surface area contributed by atoms with Gasteiger partial charge in [-0.25, -0.2) is 0 Å². The average molecular weight is 264 g/mol. The molecule has 0 aliphatic heterocycles. The molecule has 1 aromatic carbocycles. The first-order chi connectivity index (χ1) is 8.58. The zero-order chi connectivity index (χ0) is 13.3. The third kappa shape index (κ3) is 2.02. The van der Waals surface area contributed by atoms with Crippen molar-refractivity contribution in [2.75, 3.05) is 7.11 Å². The predicted molar refractivity (Wildman–Crippen MR) is 72.4 cm³/mol. The summed E-state index contributed by atoms with van der Waals surface area (Å²) in [6.07, 6.45) is 2.16. The van der Waals surface area contributed by atoms with Crippen LogP contribution in [0.2, 0.25) is 5.02 Å². The number of allylic oxidation sites excluding steroid dienone is 3. The molecule has 4 heteroatoms. The Morgan fingerprint density at radius 1 is 1.56 bits per heavy atom. The minimum Gasteiger partial charge on any atom is -0.495 e. The number of carbonyl (C=O) groups is 1. The molecule has 1 aromatic rings. The van der Waals surface area contributed by atoms with Crippen LogP contribution in [0.3, 0.4) is 0 Å². The number of ketones is 1. The number of Topliss-reactive ketones (excluding diaryl/α,β-unsaturated/α-hetero) is 1. The molecule has 0 spiro atoms. The summed E-state index contributed by atoms with van der Waals surface area (Å²) >= 11 is 6.05. The summed E-state index contributed by atoms with van der Waals surface area (Å²) < 4.78 is 5.08. The monoisotopic (exact) mass is 263 g/mol. The summed E-state index contributed by atoms with van der Waals surface area (Å²) in [6.45, 7) is 3.65. The number of ether oxygens (including phenoxy) is 1. The van der Waals surface area contributed by atoms with Gasteiger partial charge in [-0.1, -0.05) is 23.7 Å². The summed E-state index contributed by atoms with van der Waals surface area (Å²) in [5.74, 6) is 0.356. The lowest BCUT2D eigenvalue weighted by molar-refractivity contribution is -0.115. The van der Waals surface area contributed by atoms with E-state index in [0.717, 1.165) is 5.56 Å². The highest BCUT2D eigenvalue weighted by atomic mass is 35.5.